The lowest BCUT2D eigenvalue weighted by Crippen LogP contribution is -2.40. The first-order chi connectivity index (χ1) is 15.4. The number of nitrogens with zero attached hydrogens (tertiary/aromatic N) is 1. The van der Waals surface area contributed by atoms with Gasteiger partial charge in [-0.3, -0.25) is 14.4 Å². The van der Waals surface area contributed by atoms with Gasteiger partial charge in [0.2, 0.25) is 5.91 Å². The first kappa shape index (κ1) is 24.9. The van der Waals surface area contributed by atoms with E-state index in [1.165, 1.54) is 4.90 Å². The van der Waals surface area contributed by atoms with Gasteiger partial charge in [0.25, 0.3) is 5.91 Å². The van der Waals surface area contributed by atoms with E-state index in [1.54, 1.807) is 0 Å². The molecule has 0 radical (unpaired) electrons. The maximum atomic E-state index is 12.5. The number of ether oxygens (including phenoxy) is 2. The molecule has 32 heavy (non-hydrogen) atoms. The van der Waals surface area contributed by atoms with E-state index < -0.39 is 11.9 Å². The molecule has 0 aliphatic carbocycles. The van der Waals surface area contributed by atoms with E-state index in [4.69, 9.17) is 9.47 Å². The number of benzene rings is 2. The largest absolute Gasteiger partial charge is 0.494 e. The molecule has 1 N–H and O–H groups in total. The van der Waals surface area contributed by atoms with Crippen LogP contribution >= 0.6 is 0 Å². The maximum Gasteiger partial charge on any atom is 0.306 e. The van der Waals surface area contributed by atoms with E-state index in [0.29, 0.717) is 31.7 Å². The highest BCUT2D eigenvalue weighted by Crippen LogP contribution is 2.13. The molecule has 0 aliphatic heterocycles. The minimum absolute atomic E-state index is 0.0943. The van der Waals surface area contributed by atoms with Crippen LogP contribution in [0, 0.1) is 13.8 Å². The summed E-state index contributed by atoms with van der Waals surface area (Å²) in [7, 11) is 0. The molecule has 0 spiro atoms. The smallest absolute Gasteiger partial charge is 0.306 e. The number of rotatable bonds is 12. The number of carbonyl (C=O) groups is 3. The molecule has 172 valence electrons. The molecule has 2 aromatic rings. The zero-order valence-electron chi connectivity index (χ0n) is 19.1. The Morgan fingerprint density at radius 1 is 1.00 bits per heavy atom. The predicted octanol–water partition coefficient (Wildman–Crippen LogP) is 3.88. The predicted molar refractivity (Wildman–Crippen MR) is 124 cm³/mol. The van der Waals surface area contributed by atoms with Gasteiger partial charge in [0, 0.05) is 18.7 Å². The van der Waals surface area contributed by atoms with Gasteiger partial charge < -0.3 is 19.7 Å². The summed E-state index contributed by atoms with van der Waals surface area (Å²) in [6.07, 6.45) is 1.33. The summed E-state index contributed by atoms with van der Waals surface area (Å²) >= 11 is 0. The number of para-hydroxylation sites is 1. The van der Waals surface area contributed by atoms with Crippen molar-refractivity contribution in [1.29, 1.82) is 0 Å². The zero-order chi connectivity index (χ0) is 23.3. The highest BCUT2D eigenvalue weighted by Gasteiger charge is 2.18. The number of anilines is 1. The van der Waals surface area contributed by atoms with Gasteiger partial charge in [0.1, 0.15) is 5.75 Å². The van der Waals surface area contributed by atoms with E-state index in [9.17, 15) is 14.4 Å². The zero-order valence-corrected chi connectivity index (χ0v) is 19.1. The van der Waals surface area contributed by atoms with Gasteiger partial charge in [-0.1, -0.05) is 42.8 Å². The quantitative estimate of drug-likeness (QED) is 0.400. The highest BCUT2D eigenvalue weighted by molar-refractivity contribution is 5.95. The van der Waals surface area contributed by atoms with Crippen LogP contribution in [-0.4, -0.2) is 49.0 Å². The van der Waals surface area contributed by atoms with Crippen molar-refractivity contribution >= 4 is 23.5 Å². The summed E-state index contributed by atoms with van der Waals surface area (Å²) in [4.78, 5) is 38.2. The second-order valence-electron chi connectivity index (χ2n) is 7.60. The summed E-state index contributed by atoms with van der Waals surface area (Å²) in [5, 5.41) is 2.82. The molecule has 2 aromatic carbocycles. The van der Waals surface area contributed by atoms with Crippen molar-refractivity contribution in [1.82, 2.24) is 4.90 Å². The first-order valence-electron chi connectivity index (χ1n) is 10.9. The van der Waals surface area contributed by atoms with Gasteiger partial charge in [-0.05, 0) is 50.5 Å². The van der Waals surface area contributed by atoms with Crippen LogP contribution < -0.4 is 10.1 Å². The van der Waals surface area contributed by atoms with E-state index in [1.807, 2.05) is 69.3 Å². The molecule has 0 aliphatic rings. The summed E-state index contributed by atoms with van der Waals surface area (Å²) in [6.45, 7) is 6.13. The molecule has 0 saturated heterocycles. The third kappa shape index (κ3) is 8.79. The van der Waals surface area contributed by atoms with Crippen LogP contribution in [0.2, 0.25) is 0 Å². The van der Waals surface area contributed by atoms with Crippen LogP contribution in [0.1, 0.15) is 37.3 Å². The number of esters is 1. The molecule has 2 rings (SSSR count). The third-order valence-corrected chi connectivity index (χ3v) is 4.77. The van der Waals surface area contributed by atoms with Crippen LogP contribution in [0.25, 0.3) is 0 Å². The van der Waals surface area contributed by atoms with Gasteiger partial charge in [0.05, 0.1) is 13.2 Å². The molecule has 7 heteroatoms. The van der Waals surface area contributed by atoms with Gasteiger partial charge >= 0.3 is 5.97 Å². The number of aryl methyl sites for hydroxylation is 2. The van der Waals surface area contributed by atoms with Crippen molar-refractivity contribution in [3.63, 3.8) is 0 Å². The van der Waals surface area contributed by atoms with Crippen molar-refractivity contribution < 1.29 is 23.9 Å². The van der Waals surface area contributed by atoms with E-state index in [-0.39, 0.29) is 25.5 Å². The van der Waals surface area contributed by atoms with Crippen LogP contribution in [0.4, 0.5) is 5.69 Å². The Bertz CT molecular complexity index is 895. The summed E-state index contributed by atoms with van der Waals surface area (Å²) < 4.78 is 10.7. The molecule has 2 amide bonds. The standard InChI is InChI=1S/C25H32N2O5/c1-4-15-27(17-23(28)26-22-9-6-5-8-20(22)3)24(29)18-32-25(30)10-7-16-31-21-13-11-19(2)12-14-21/h5-6,8-9,11-14H,4,7,10,15-18H2,1-3H3,(H,26,28). The van der Waals surface area contributed by atoms with E-state index in [0.717, 1.165) is 16.9 Å². The topological polar surface area (TPSA) is 84.9 Å². The minimum atomic E-state index is -0.466. The number of carbonyl (C=O) groups excluding carboxylic acids is 3. The average Bonchev–Trinajstić information content (AvgIpc) is 2.77. The molecular weight excluding hydrogens is 408 g/mol. The van der Waals surface area contributed by atoms with Crippen LogP contribution in [0.5, 0.6) is 5.75 Å². The Labute approximate surface area is 189 Å². The van der Waals surface area contributed by atoms with Crippen molar-refractivity contribution in [3.8, 4) is 5.75 Å². The molecule has 0 bridgehead atoms. The number of nitrogens with one attached hydrogen (secondary N) is 1. The molecule has 0 fully saturated rings. The Morgan fingerprint density at radius 2 is 1.72 bits per heavy atom. The van der Waals surface area contributed by atoms with Crippen LogP contribution in [0.15, 0.2) is 48.5 Å². The van der Waals surface area contributed by atoms with Gasteiger partial charge in [-0.25, -0.2) is 0 Å². The molecule has 0 unspecified atom stereocenters. The monoisotopic (exact) mass is 440 g/mol. The van der Waals surface area contributed by atoms with Gasteiger partial charge in [-0.2, -0.15) is 0 Å². The normalized spacial score (nSPS) is 10.3. The Kier molecular flexibility index (Phi) is 10.2. The summed E-state index contributed by atoms with van der Waals surface area (Å²) in [5.74, 6) is -0.401. The van der Waals surface area contributed by atoms with E-state index in [2.05, 4.69) is 5.32 Å². The number of hydrogen-bond acceptors (Lipinski definition) is 5. The summed E-state index contributed by atoms with van der Waals surface area (Å²) in [6, 6.07) is 15.1. The second-order valence-corrected chi connectivity index (χ2v) is 7.60. The maximum absolute atomic E-state index is 12.5. The minimum Gasteiger partial charge on any atom is -0.494 e. The fourth-order valence-corrected chi connectivity index (χ4v) is 2.98. The van der Waals surface area contributed by atoms with Gasteiger partial charge in [-0.15, -0.1) is 0 Å². The van der Waals surface area contributed by atoms with Crippen molar-refractivity contribution in [3.05, 3.63) is 59.7 Å². The fourth-order valence-electron chi connectivity index (χ4n) is 2.98. The number of amides is 2. The molecule has 7 nitrogen and oxygen atoms in total. The fraction of sp³-hybridized carbons (Fsp3) is 0.400. The second kappa shape index (κ2) is 13.1. The highest BCUT2D eigenvalue weighted by atomic mass is 16.5. The SMILES string of the molecule is CCCN(CC(=O)Nc1ccccc1C)C(=O)COC(=O)CCCOc1ccc(C)cc1. The van der Waals surface area contributed by atoms with Crippen molar-refractivity contribution in [2.45, 2.75) is 40.0 Å². The third-order valence-electron chi connectivity index (χ3n) is 4.77. The molecular formula is C25H32N2O5. The first-order valence-corrected chi connectivity index (χ1v) is 10.9. The molecule has 0 aromatic heterocycles. The lowest BCUT2D eigenvalue weighted by Gasteiger charge is -2.21. The van der Waals surface area contributed by atoms with E-state index >= 15 is 0 Å². The number of hydrogen-bond donors (Lipinski definition) is 1. The lowest BCUT2D eigenvalue weighted by atomic mass is 10.2. The van der Waals surface area contributed by atoms with Gasteiger partial charge in [0.15, 0.2) is 6.61 Å². The summed E-state index contributed by atoms with van der Waals surface area (Å²) in [5.41, 5.74) is 2.80. The van der Waals surface area contributed by atoms with Crippen LogP contribution in [0.3, 0.4) is 0 Å². The molecule has 0 atom stereocenters. The lowest BCUT2D eigenvalue weighted by molar-refractivity contribution is -0.152. The Hall–Kier alpha value is -3.35. The van der Waals surface area contributed by atoms with Crippen LogP contribution in [-0.2, 0) is 19.1 Å². The van der Waals surface area contributed by atoms with Crippen molar-refractivity contribution in [2.75, 3.05) is 31.6 Å². The average molecular weight is 441 g/mol. The van der Waals surface area contributed by atoms with Crippen molar-refractivity contribution in [2.24, 2.45) is 0 Å². The molecule has 0 heterocycles. The Morgan fingerprint density at radius 3 is 2.41 bits per heavy atom. The molecule has 0 saturated carbocycles. The Balaban J connectivity index is 1.71.